The van der Waals surface area contributed by atoms with E-state index < -0.39 is 11.9 Å². The molecule has 1 aliphatic heterocycles. The highest BCUT2D eigenvalue weighted by Gasteiger charge is 2.32. The maximum Gasteiger partial charge on any atom is 0.338 e. The van der Waals surface area contributed by atoms with Crippen LogP contribution in [0.25, 0.3) is 0 Å². The number of halogens is 2. The van der Waals surface area contributed by atoms with E-state index in [1.807, 2.05) is 0 Å². The molecule has 1 saturated heterocycles. The minimum atomic E-state index is -0.419. The molecule has 0 radical (unpaired) electrons. The molecule has 26 heavy (non-hydrogen) atoms. The maximum atomic E-state index is 12.3. The van der Waals surface area contributed by atoms with Gasteiger partial charge in [0.2, 0.25) is 0 Å². The highest BCUT2D eigenvalue weighted by Crippen LogP contribution is 2.30. The second kappa shape index (κ2) is 8.80. The van der Waals surface area contributed by atoms with Crippen LogP contribution >= 0.6 is 35.0 Å². The summed E-state index contributed by atoms with van der Waals surface area (Å²) in [7, 11) is 0. The standard InChI is InChI=1S/C19H16Cl2O4S/c20-14-5-1-12(2-6-14)18(22)24-11-17-16(9-10-26-17)25-19(23)13-3-7-15(21)8-4-13/h1-8,16-17H,9-11H2/t16-,17+/m1/s1. The molecule has 1 fully saturated rings. The number of ether oxygens (including phenoxy) is 2. The van der Waals surface area contributed by atoms with Crippen molar-refractivity contribution in [2.24, 2.45) is 0 Å². The topological polar surface area (TPSA) is 52.6 Å². The van der Waals surface area contributed by atoms with Gasteiger partial charge in [-0.25, -0.2) is 9.59 Å². The molecule has 1 heterocycles. The Bertz CT molecular complexity index is 777. The predicted octanol–water partition coefficient (Wildman–Crippen LogP) is 4.88. The van der Waals surface area contributed by atoms with E-state index in [1.165, 1.54) is 0 Å². The number of esters is 2. The Balaban J connectivity index is 1.54. The van der Waals surface area contributed by atoms with Gasteiger partial charge in [-0.05, 0) is 60.7 Å². The normalized spacial score (nSPS) is 19.2. The van der Waals surface area contributed by atoms with Gasteiger partial charge >= 0.3 is 11.9 Å². The molecule has 7 heteroatoms. The van der Waals surface area contributed by atoms with Crippen LogP contribution in [0.3, 0.4) is 0 Å². The van der Waals surface area contributed by atoms with Crippen LogP contribution in [0, 0.1) is 0 Å². The Morgan fingerprint density at radius 2 is 1.46 bits per heavy atom. The fraction of sp³-hybridized carbons (Fsp3) is 0.263. The van der Waals surface area contributed by atoms with Gasteiger partial charge in [-0.1, -0.05) is 23.2 Å². The zero-order valence-electron chi connectivity index (χ0n) is 13.7. The molecule has 2 aromatic rings. The van der Waals surface area contributed by atoms with Crippen LogP contribution in [0.2, 0.25) is 10.0 Å². The zero-order valence-corrected chi connectivity index (χ0v) is 16.0. The first-order valence-electron chi connectivity index (χ1n) is 8.04. The van der Waals surface area contributed by atoms with E-state index in [-0.39, 0.29) is 18.0 Å². The number of thioether (sulfide) groups is 1. The van der Waals surface area contributed by atoms with E-state index >= 15 is 0 Å². The van der Waals surface area contributed by atoms with Crippen molar-refractivity contribution >= 4 is 46.9 Å². The fourth-order valence-corrected chi connectivity index (χ4v) is 4.03. The second-order valence-electron chi connectivity index (χ2n) is 5.75. The first kappa shape index (κ1) is 19.1. The van der Waals surface area contributed by atoms with Crippen molar-refractivity contribution in [3.05, 3.63) is 69.7 Å². The smallest absolute Gasteiger partial charge is 0.338 e. The number of rotatable bonds is 5. The molecule has 0 N–H and O–H groups in total. The Hall–Kier alpha value is -1.69. The Morgan fingerprint density at radius 1 is 0.923 bits per heavy atom. The Kier molecular flexibility index (Phi) is 6.46. The van der Waals surface area contributed by atoms with Crippen molar-refractivity contribution in [3.63, 3.8) is 0 Å². The first-order valence-corrected chi connectivity index (χ1v) is 9.84. The lowest BCUT2D eigenvalue weighted by Gasteiger charge is -2.19. The second-order valence-corrected chi connectivity index (χ2v) is 7.97. The zero-order chi connectivity index (χ0) is 18.5. The lowest BCUT2D eigenvalue weighted by atomic mass is 10.2. The molecular formula is C19H16Cl2O4S. The predicted molar refractivity (Wildman–Crippen MR) is 103 cm³/mol. The van der Waals surface area contributed by atoms with Gasteiger partial charge in [0.05, 0.1) is 16.4 Å². The Labute approximate surface area is 165 Å². The SMILES string of the molecule is O=C(OC[C@@H]1SCC[C@H]1OC(=O)c1ccc(Cl)cc1)c1ccc(Cl)cc1. The van der Waals surface area contributed by atoms with E-state index in [9.17, 15) is 9.59 Å². The van der Waals surface area contributed by atoms with Gasteiger partial charge in [-0.15, -0.1) is 0 Å². The van der Waals surface area contributed by atoms with Crippen LogP contribution in [0.15, 0.2) is 48.5 Å². The number of benzene rings is 2. The Morgan fingerprint density at radius 3 is 2.04 bits per heavy atom. The minimum absolute atomic E-state index is 0.0810. The van der Waals surface area contributed by atoms with Gasteiger partial charge in [-0.3, -0.25) is 0 Å². The summed E-state index contributed by atoms with van der Waals surface area (Å²) in [6, 6.07) is 13.1. The molecule has 1 aliphatic rings. The van der Waals surface area contributed by atoms with E-state index in [0.717, 1.165) is 12.2 Å². The van der Waals surface area contributed by atoms with Gasteiger partial charge in [0, 0.05) is 10.0 Å². The van der Waals surface area contributed by atoms with Crippen molar-refractivity contribution in [2.45, 2.75) is 17.8 Å². The first-order chi connectivity index (χ1) is 12.5. The molecule has 0 unspecified atom stereocenters. The van der Waals surface area contributed by atoms with Crippen LogP contribution in [0.1, 0.15) is 27.1 Å². The summed E-state index contributed by atoms with van der Waals surface area (Å²) >= 11 is 13.3. The van der Waals surface area contributed by atoms with Crippen molar-refractivity contribution in [2.75, 3.05) is 12.4 Å². The van der Waals surface area contributed by atoms with Crippen LogP contribution < -0.4 is 0 Å². The van der Waals surface area contributed by atoms with Gasteiger partial charge in [0.1, 0.15) is 12.7 Å². The maximum absolute atomic E-state index is 12.3. The van der Waals surface area contributed by atoms with Crippen LogP contribution in [0.5, 0.6) is 0 Å². The molecule has 2 aromatic carbocycles. The number of carbonyl (C=O) groups excluding carboxylic acids is 2. The van der Waals surface area contributed by atoms with Crippen molar-refractivity contribution < 1.29 is 19.1 Å². The van der Waals surface area contributed by atoms with Crippen LogP contribution in [0.4, 0.5) is 0 Å². The molecule has 0 amide bonds. The number of carbonyl (C=O) groups is 2. The number of hydrogen-bond acceptors (Lipinski definition) is 5. The molecule has 3 rings (SSSR count). The molecule has 4 nitrogen and oxygen atoms in total. The highest BCUT2D eigenvalue weighted by molar-refractivity contribution is 8.00. The van der Waals surface area contributed by atoms with Gasteiger partial charge in [-0.2, -0.15) is 11.8 Å². The van der Waals surface area contributed by atoms with E-state index in [4.69, 9.17) is 32.7 Å². The summed E-state index contributed by atoms with van der Waals surface area (Å²) in [6.07, 6.45) is 0.439. The quantitative estimate of drug-likeness (QED) is 0.657. The van der Waals surface area contributed by atoms with E-state index in [0.29, 0.717) is 21.2 Å². The lowest BCUT2D eigenvalue weighted by Crippen LogP contribution is -2.29. The lowest BCUT2D eigenvalue weighted by molar-refractivity contribution is 0.0221. The van der Waals surface area contributed by atoms with Crippen molar-refractivity contribution in [1.29, 1.82) is 0 Å². The summed E-state index contributed by atoms with van der Waals surface area (Å²) in [4.78, 5) is 24.4. The summed E-state index contributed by atoms with van der Waals surface area (Å²) < 4.78 is 11.0. The average molecular weight is 411 g/mol. The van der Waals surface area contributed by atoms with Gasteiger partial charge in [0.25, 0.3) is 0 Å². The number of hydrogen-bond donors (Lipinski definition) is 0. The third kappa shape index (κ3) is 4.93. The summed E-state index contributed by atoms with van der Waals surface area (Å²) in [5, 5.41) is 1.04. The molecule has 0 bridgehead atoms. The summed E-state index contributed by atoms with van der Waals surface area (Å²) in [5.74, 6) is 0.0296. The third-order valence-electron chi connectivity index (χ3n) is 3.95. The minimum Gasteiger partial charge on any atom is -0.461 e. The average Bonchev–Trinajstić information content (AvgIpc) is 3.08. The monoisotopic (exact) mass is 410 g/mol. The van der Waals surface area contributed by atoms with Crippen molar-refractivity contribution in [3.8, 4) is 0 Å². The van der Waals surface area contributed by atoms with Crippen LogP contribution in [-0.4, -0.2) is 35.7 Å². The summed E-state index contributed by atoms with van der Waals surface area (Å²) in [6.45, 7) is 0.185. The van der Waals surface area contributed by atoms with E-state index in [1.54, 1.807) is 60.3 Å². The molecule has 0 saturated carbocycles. The molecular weight excluding hydrogens is 395 g/mol. The van der Waals surface area contributed by atoms with Crippen LogP contribution in [-0.2, 0) is 9.47 Å². The molecule has 2 atom stereocenters. The van der Waals surface area contributed by atoms with Gasteiger partial charge in [0.15, 0.2) is 0 Å². The van der Waals surface area contributed by atoms with Gasteiger partial charge < -0.3 is 9.47 Å². The summed E-state index contributed by atoms with van der Waals surface area (Å²) in [5.41, 5.74) is 0.885. The van der Waals surface area contributed by atoms with E-state index in [2.05, 4.69) is 0 Å². The molecule has 0 spiro atoms. The van der Waals surface area contributed by atoms with Crippen molar-refractivity contribution in [1.82, 2.24) is 0 Å². The highest BCUT2D eigenvalue weighted by atomic mass is 35.5. The fourth-order valence-electron chi connectivity index (χ4n) is 2.54. The molecule has 0 aliphatic carbocycles. The third-order valence-corrected chi connectivity index (χ3v) is 5.79. The molecule has 136 valence electrons. The molecule has 0 aromatic heterocycles. The largest absolute Gasteiger partial charge is 0.461 e.